The normalized spacial score (nSPS) is 18.2. The van der Waals surface area contributed by atoms with Crippen molar-refractivity contribution in [3.8, 4) is 0 Å². The molecule has 4 fully saturated rings. The highest BCUT2D eigenvalue weighted by molar-refractivity contribution is 7.59. The topological polar surface area (TPSA) is 345 Å². The number of aromatic nitrogens is 8. The first-order valence-electron chi connectivity index (χ1n) is 21.0. The fourth-order valence-corrected chi connectivity index (χ4v) is 6.05. The summed E-state index contributed by atoms with van der Waals surface area (Å²) in [5.41, 5.74) is 4.39. The molecule has 0 unspecified atom stereocenters. The van der Waals surface area contributed by atoms with Gasteiger partial charge < -0.3 is 18.9 Å². The maximum absolute atomic E-state index is 8.44. The van der Waals surface area contributed by atoms with Crippen molar-refractivity contribution in [2.75, 3.05) is 26.4 Å². The molecule has 4 aliphatic rings. The van der Waals surface area contributed by atoms with Crippen LogP contribution in [0.15, 0.2) is 49.6 Å². The fourth-order valence-electron chi connectivity index (χ4n) is 6.05. The van der Waals surface area contributed by atoms with Gasteiger partial charge in [-0.2, -0.15) is 0 Å². The van der Waals surface area contributed by atoms with E-state index < -0.39 is 42.4 Å². The zero-order valence-corrected chi connectivity index (χ0v) is 41.3. The van der Waals surface area contributed by atoms with E-state index in [1.807, 2.05) is 77.3 Å². The van der Waals surface area contributed by atoms with Gasteiger partial charge in [0, 0.05) is 76.0 Å². The number of rotatable bonds is 4. The zero-order chi connectivity index (χ0) is 50.7. The first kappa shape index (κ1) is 69.9. The Morgan fingerprint density at radius 2 is 0.451 bits per heavy atom. The minimum atomic E-state index is -3.11. The van der Waals surface area contributed by atoms with Gasteiger partial charge in [-0.1, -0.05) is 22.3 Å². The molecule has 4 aliphatic heterocycles. The lowest BCUT2D eigenvalue weighted by atomic mass is 10.1. The minimum absolute atomic E-state index is 0. The van der Waals surface area contributed by atoms with Crippen LogP contribution in [0.25, 0.3) is 0 Å². The molecular formula is C43H68N8O16S4. The molecule has 28 heteroatoms. The van der Waals surface area contributed by atoms with E-state index in [0.717, 1.165) is 97.7 Å². The lowest BCUT2D eigenvalue weighted by Gasteiger charge is -2.20. The molecular weight excluding hydrogens is 1010 g/mol. The monoisotopic (exact) mass is 1080 g/mol. The van der Waals surface area contributed by atoms with Crippen LogP contribution in [0.3, 0.4) is 0 Å². The van der Waals surface area contributed by atoms with Gasteiger partial charge in [0.1, 0.15) is 24.4 Å². The molecule has 0 spiro atoms. The Hall–Kier alpha value is -5.36. The average molecular weight is 1080 g/mol. The van der Waals surface area contributed by atoms with Crippen LogP contribution in [0.4, 0.5) is 0 Å². The van der Waals surface area contributed by atoms with Crippen molar-refractivity contribution < 1.29 is 69.5 Å². The molecule has 0 bridgehead atoms. The Kier molecular flexibility index (Phi) is 41.7. The van der Waals surface area contributed by atoms with Crippen molar-refractivity contribution in [2.45, 2.75) is 151 Å². The molecule has 24 nitrogen and oxygen atoms in total. The maximum atomic E-state index is 8.44. The van der Waals surface area contributed by atoms with Gasteiger partial charge in [0.2, 0.25) is 0 Å². The summed E-state index contributed by atoms with van der Waals surface area (Å²) < 4.78 is 124. The highest BCUT2D eigenvalue weighted by Gasteiger charge is 2.20. The van der Waals surface area contributed by atoms with Crippen LogP contribution < -0.4 is 0 Å². The smallest absolute Gasteiger partial charge is 0.370 e. The van der Waals surface area contributed by atoms with E-state index in [0.29, 0.717) is 0 Å². The molecule has 0 aromatic carbocycles. The van der Waals surface area contributed by atoms with Crippen molar-refractivity contribution >= 4 is 42.4 Å². The molecule has 4 atom stereocenters. The number of hydrogen-bond acceptors (Lipinski definition) is 24. The fraction of sp³-hybridized carbons (Fsp3) is 0.628. The summed E-state index contributed by atoms with van der Waals surface area (Å²) >= 11 is 0. The highest BCUT2D eigenvalue weighted by atomic mass is 32.2. The lowest BCUT2D eigenvalue weighted by molar-refractivity contribution is 0.00933. The first-order valence-corrected chi connectivity index (χ1v) is 25.0. The number of aryl methyl sites for hydroxylation is 4. The van der Waals surface area contributed by atoms with Crippen molar-refractivity contribution in [1.29, 1.82) is 0 Å². The maximum Gasteiger partial charge on any atom is 0.425 e. The van der Waals surface area contributed by atoms with Crippen LogP contribution in [-0.4, -0.2) is 117 Å². The molecule has 71 heavy (non-hydrogen) atoms. The molecule has 8 rings (SSSR count). The third kappa shape index (κ3) is 37.1. The first-order chi connectivity index (χ1) is 32.4. The Balaban J connectivity index is -0.000000778. The summed E-state index contributed by atoms with van der Waals surface area (Å²) in [4.78, 5) is 34.1. The van der Waals surface area contributed by atoms with E-state index in [2.05, 4.69) is 39.9 Å². The molecule has 400 valence electrons. The Bertz CT molecular complexity index is 2080. The van der Waals surface area contributed by atoms with Gasteiger partial charge in [-0.3, -0.25) is 0 Å². The average Bonchev–Trinajstić information content (AvgIpc) is 3.31. The molecule has 4 aromatic heterocycles. The largest absolute Gasteiger partial charge is 0.425 e. The van der Waals surface area contributed by atoms with Crippen LogP contribution in [0.5, 0.6) is 0 Å². The third-order valence-corrected chi connectivity index (χ3v) is 9.07. The van der Waals surface area contributed by atoms with Crippen LogP contribution in [-0.2, 0) is 61.4 Å². The van der Waals surface area contributed by atoms with Gasteiger partial charge >= 0.3 is 42.4 Å². The highest BCUT2D eigenvalue weighted by Crippen LogP contribution is 2.27. The van der Waals surface area contributed by atoms with Gasteiger partial charge in [0.25, 0.3) is 0 Å². The summed E-state index contributed by atoms with van der Waals surface area (Å²) in [6.45, 7) is 11.4. The number of hydrogen-bond donors (Lipinski definition) is 0. The quantitative estimate of drug-likeness (QED) is 0.226. The summed E-state index contributed by atoms with van der Waals surface area (Å²) in [5.74, 6) is 3.35. The van der Waals surface area contributed by atoms with E-state index >= 15 is 0 Å². The lowest BCUT2D eigenvalue weighted by Crippen LogP contribution is -2.14. The van der Waals surface area contributed by atoms with E-state index in [4.69, 9.17) is 69.5 Å². The van der Waals surface area contributed by atoms with Crippen LogP contribution in [0.1, 0.15) is 169 Å². The molecule has 0 aliphatic carbocycles. The molecule has 8 heterocycles. The number of nitrogens with zero attached hydrogens (tertiary/aromatic N) is 8. The second-order valence-electron chi connectivity index (χ2n) is 14.7. The standard InChI is InChI=1S/4C10H14N2O.3CH4.4O3S/c4*1-8-6-11-10(12-7-8)9-4-2-3-5-13-9;;;;4*1-4(2)3/h4*6-7,9H,2-5H2,1H3;3*1H4;;;;/t4*9-;;;;;;;/m1100......./s1. The third-order valence-electron chi connectivity index (χ3n) is 9.07. The van der Waals surface area contributed by atoms with Gasteiger partial charge in [-0.15, -0.1) is 50.5 Å². The SMILES string of the molecule is C.C.C.Cc1cnc([C@@H]2CCCCO2)nc1.Cc1cnc([C@@H]2CCCCO2)nc1.Cc1cnc([C@H]2CCCCO2)nc1.Cc1cnc([C@H]2CCCCO2)nc1.O=S(=O)=O.O=S(=O)=O.O=S(=O)=O.O=S(=O)=O. The van der Waals surface area contributed by atoms with E-state index in [1.54, 1.807) is 0 Å². The van der Waals surface area contributed by atoms with Crippen molar-refractivity contribution in [2.24, 2.45) is 0 Å². The molecule has 4 saturated heterocycles. The van der Waals surface area contributed by atoms with Crippen LogP contribution >= 0.6 is 0 Å². The zero-order valence-electron chi connectivity index (χ0n) is 38.0. The van der Waals surface area contributed by atoms with Gasteiger partial charge in [0.05, 0.1) is 0 Å². The van der Waals surface area contributed by atoms with Gasteiger partial charge in [-0.25, -0.2) is 39.9 Å². The summed E-state index contributed by atoms with van der Waals surface area (Å²) in [7, 11) is -12.4. The Morgan fingerprint density at radius 3 is 0.563 bits per heavy atom. The van der Waals surface area contributed by atoms with E-state index in [-0.39, 0.29) is 46.7 Å². The summed E-state index contributed by atoms with van der Waals surface area (Å²) in [5, 5.41) is 0. The predicted octanol–water partition coefficient (Wildman–Crippen LogP) is 6.00. The van der Waals surface area contributed by atoms with Crippen LogP contribution in [0, 0.1) is 27.7 Å². The Morgan fingerprint density at radius 1 is 0.310 bits per heavy atom. The molecule has 0 saturated carbocycles. The predicted molar refractivity (Wildman–Crippen MR) is 256 cm³/mol. The molecule has 4 aromatic rings. The summed E-state index contributed by atoms with van der Waals surface area (Å²) in [6.07, 6.45) is 29.1. The van der Waals surface area contributed by atoms with Gasteiger partial charge in [-0.05, 0) is 127 Å². The Labute approximate surface area is 422 Å². The van der Waals surface area contributed by atoms with Gasteiger partial charge in [0.15, 0.2) is 23.3 Å². The second kappa shape index (κ2) is 42.3. The summed E-state index contributed by atoms with van der Waals surface area (Å²) in [6, 6.07) is 0. The second-order valence-corrected chi connectivity index (χ2v) is 16.3. The molecule has 0 amide bonds. The molecule has 0 radical (unpaired) electrons. The number of ether oxygens (including phenoxy) is 4. The van der Waals surface area contributed by atoms with E-state index in [9.17, 15) is 0 Å². The van der Waals surface area contributed by atoms with E-state index in [1.165, 1.54) is 51.4 Å². The van der Waals surface area contributed by atoms with Crippen LogP contribution in [0.2, 0.25) is 0 Å². The van der Waals surface area contributed by atoms with Crippen molar-refractivity contribution in [3.63, 3.8) is 0 Å². The molecule has 0 N–H and O–H groups in total. The van der Waals surface area contributed by atoms with Crippen molar-refractivity contribution in [3.05, 3.63) is 95.1 Å². The van der Waals surface area contributed by atoms with Crippen molar-refractivity contribution in [1.82, 2.24) is 39.9 Å². The minimum Gasteiger partial charge on any atom is -0.370 e.